The van der Waals surface area contributed by atoms with Gasteiger partial charge in [0.2, 0.25) is 0 Å². The highest BCUT2D eigenvalue weighted by Gasteiger charge is 2.07. The van der Waals surface area contributed by atoms with Crippen molar-refractivity contribution in [2.45, 2.75) is 6.92 Å². The van der Waals surface area contributed by atoms with Crippen molar-refractivity contribution >= 4 is 28.3 Å². The third kappa shape index (κ3) is 2.25. The van der Waals surface area contributed by atoms with Crippen LogP contribution in [0, 0.1) is 6.92 Å². The molecular formula is C15H12ClN3. The number of hydrogen-bond donors (Lipinski definition) is 1. The van der Waals surface area contributed by atoms with Crippen molar-refractivity contribution < 1.29 is 0 Å². The summed E-state index contributed by atoms with van der Waals surface area (Å²) in [4.78, 5) is 8.92. The van der Waals surface area contributed by atoms with Crippen LogP contribution in [-0.4, -0.2) is 9.97 Å². The Morgan fingerprint density at radius 3 is 2.47 bits per heavy atom. The van der Waals surface area contributed by atoms with Crippen LogP contribution in [0.15, 0.2) is 42.5 Å². The lowest BCUT2D eigenvalue weighted by molar-refractivity contribution is 1.23. The van der Waals surface area contributed by atoms with Gasteiger partial charge in [-0.25, -0.2) is 9.97 Å². The summed E-state index contributed by atoms with van der Waals surface area (Å²) in [5.74, 6) is 1.11. The van der Waals surface area contributed by atoms with Gasteiger partial charge in [0.05, 0.1) is 5.52 Å². The van der Waals surface area contributed by atoms with Crippen LogP contribution < -0.4 is 5.73 Å². The minimum absolute atomic E-state index is 0.495. The number of anilines is 1. The first kappa shape index (κ1) is 11.9. The monoisotopic (exact) mass is 269 g/mol. The fraction of sp³-hybridized carbons (Fsp3) is 0.0667. The van der Waals surface area contributed by atoms with Gasteiger partial charge in [0, 0.05) is 16.0 Å². The van der Waals surface area contributed by atoms with Crippen LogP contribution in [0.25, 0.3) is 22.3 Å². The predicted octanol–water partition coefficient (Wildman–Crippen LogP) is 3.84. The molecule has 3 aromatic rings. The van der Waals surface area contributed by atoms with Crippen LogP contribution in [-0.2, 0) is 0 Å². The van der Waals surface area contributed by atoms with Crippen LogP contribution in [0.5, 0.6) is 0 Å². The number of hydrogen-bond acceptors (Lipinski definition) is 3. The smallest absolute Gasteiger partial charge is 0.162 e. The van der Waals surface area contributed by atoms with Crippen molar-refractivity contribution in [1.29, 1.82) is 0 Å². The number of fused-ring (bicyclic) bond motifs is 1. The third-order valence-corrected chi connectivity index (χ3v) is 3.24. The Morgan fingerprint density at radius 2 is 1.74 bits per heavy atom. The molecule has 0 fully saturated rings. The van der Waals surface area contributed by atoms with Crippen LogP contribution in [0.2, 0.25) is 5.02 Å². The Labute approximate surface area is 116 Å². The van der Waals surface area contributed by atoms with Crippen LogP contribution >= 0.6 is 11.6 Å². The summed E-state index contributed by atoms with van der Waals surface area (Å²) < 4.78 is 0. The Balaban J connectivity index is 2.22. The summed E-state index contributed by atoms with van der Waals surface area (Å²) in [6.45, 7) is 2.03. The molecule has 0 aliphatic heterocycles. The standard InChI is InChI=1S/C15H12ClN3/c1-9-2-7-12-13(8-9)18-15(19-14(12)17)10-3-5-11(16)6-4-10/h2-8H,1H3,(H2,17,18,19). The molecule has 1 heterocycles. The van der Waals surface area contributed by atoms with Gasteiger partial charge in [-0.3, -0.25) is 0 Å². The summed E-state index contributed by atoms with van der Waals surface area (Å²) in [5.41, 5.74) is 8.90. The first-order valence-electron chi connectivity index (χ1n) is 5.93. The van der Waals surface area contributed by atoms with E-state index >= 15 is 0 Å². The lowest BCUT2D eigenvalue weighted by Crippen LogP contribution is -1.98. The molecule has 0 bridgehead atoms. The highest BCUT2D eigenvalue weighted by molar-refractivity contribution is 6.30. The lowest BCUT2D eigenvalue weighted by Gasteiger charge is -2.06. The quantitative estimate of drug-likeness (QED) is 0.730. The molecule has 0 saturated carbocycles. The molecule has 0 atom stereocenters. The highest BCUT2D eigenvalue weighted by Crippen LogP contribution is 2.24. The van der Waals surface area contributed by atoms with Gasteiger partial charge in [0.25, 0.3) is 0 Å². The maximum Gasteiger partial charge on any atom is 0.162 e. The largest absolute Gasteiger partial charge is 0.383 e. The zero-order valence-electron chi connectivity index (χ0n) is 10.4. The molecule has 3 rings (SSSR count). The van der Waals surface area contributed by atoms with Gasteiger partial charge in [-0.1, -0.05) is 17.7 Å². The Hall–Kier alpha value is -2.13. The average Bonchev–Trinajstić information content (AvgIpc) is 2.38. The molecule has 0 aliphatic carbocycles. The molecular weight excluding hydrogens is 258 g/mol. The first-order valence-corrected chi connectivity index (χ1v) is 6.31. The number of aryl methyl sites for hydroxylation is 1. The Bertz CT molecular complexity index is 751. The van der Waals surface area contributed by atoms with Gasteiger partial charge in [-0.15, -0.1) is 0 Å². The summed E-state index contributed by atoms with van der Waals surface area (Å²) in [6, 6.07) is 13.4. The van der Waals surface area contributed by atoms with Crippen molar-refractivity contribution in [3.63, 3.8) is 0 Å². The number of nitrogens with two attached hydrogens (primary N) is 1. The van der Waals surface area contributed by atoms with Crippen molar-refractivity contribution in [1.82, 2.24) is 9.97 Å². The molecule has 1 aromatic heterocycles. The molecule has 0 unspecified atom stereocenters. The van der Waals surface area contributed by atoms with E-state index in [1.54, 1.807) is 0 Å². The number of nitrogen functional groups attached to an aromatic ring is 1. The van der Waals surface area contributed by atoms with Gasteiger partial charge < -0.3 is 5.73 Å². The predicted molar refractivity (Wildman–Crippen MR) is 79.1 cm³/mol. The van der Waals surface area contributed by atoms with E-state index in [9.17, 15) is 0 Å². The molecule has 0 aliphatic rings. The van der Waals surface area contributed by atoms with E-state index in [2.05, 4.69) is 9.97 Å². The summed E-state index contributed by atoms with van der Waals surface area (Å²) >= 11 is 5.88. The van der Waals surface area contributed by atoms with Gasteiger partial charge >= 0.3 is 0 Å². The van der Waals surface area contributed by atoms with E-state index in [-0.39, 0.29) is 0 Å². The maximum atomic E-state index is 6.00. The number of nitrogens with zero attached hydrogens (tertiary/aromatic N) is 2. The SMILES string of the molecule is Cc1ccc2c(N)nc(-c3ccc(Cl)cc3)nc2c1. The minimum Gasteiger partial charge on any atom is -0.383 e. The van der Waals surface area contributed by atoms with Crippen molar-refractivity contribution in [3.8, 4) is 11.4 Å². The van der Waals surface area contributed by atoms with E-state index < -0.39 is 0 Å². The second-order valence-electron chi connectivity index (χ2n) is 4.46. The van der Waals surface area contributed by atoms with E-state index in [1.165, 1.54) is 0 Å². The molecule has 2 aromatic carbocycles. The van der Waals surface area contributed by atoms with E-state index in [4.69, 9.17) is 17.3 Å². The average molecular weight is 270 g/mol. The normalized spacial score (nSPS) is 10.8. The zero-order chi connectivity index (χ0) is 13.4. The van der Waals surface area contributed by atoms with Crippen LogP contribution in [0.3, 0.4) is 0 Å². The maximum absolute atomic E-state index is 6.00. The highest BCUT2D eigenvalue weighted by atomic mass is 35.5. The molecule has 0 amide bonds. The molecule has 0 saturated heterocycles. The van der Waals surface area contributed by atoms with E-state index in [0.717, 1.165) is 22.0 Å². The van der Waals surface area contributed by atoms with Gasteiger partial charge in [0.1, 0.15) is 5.82 Å². The number of rotatable bonds is 1. The summed E-state index contributed by atoms with van der Waals surface area (Å²) in [6.07, 6.45) is 0. The van der Waals surface area contributed by atoms with Gasteiger partial charge in [-0.05, 0) is 48.9 Å². The van der Waals surface area contributed by atoms with Crippen LogP contribution in [0.4, 0.5) is 5.82 Å². The minimum atomic E-state index is 0.495. The Morgan fingerprint density at radius 1 is 1.00 bits per heavy atom. The second-order valence-corrected chi connectivity index (χ2v) is 4.90. The molecule has 2 N–H and O–H groups in total. The van der Waals surface area contributed by atoms with E-state index in [0.29, 0.717) is 16.7 Å². The lowest BCUT2D eigenvalue weighted by atomic mass is 10.1. The molecule has 94 valence electrons. The van der Waals surface area contributed by atoms with Gasteiger partial charge in [0.15, 0.2) is 5.82 Å². The first-order chi connectivity index (χ1) is 9.13. The van der Waals surface area contributed by atoms with E-state index in [1.807, 2.05) is 49.4 Å². The van der Waals surface area contributed by atoms with Gasteiger partial charge in [-0.2, -0.15) is 0 Å². The zero-order valence-corrected chi connectivity index (χ0v) is 11.1. The fourth-order valence-corrected chi connectivity index (χ4v) is 2.12. The molecule has 3 nitrogen and oxygen atoms in total. The summed E-state index contributed by atoms with van der Waals surface area (Å²) in [7, 11) is 0. The number of halogens is 1. The van der Waals surface area contributed by atoms with Crippen LogP contribution in [0.1, 0.15) is 5.56 Å². The van der Waals surface area contributed by atoms with Crippen molar-refractivity contribution in [3.05, 3.63) is 53.1 Å². The molecule has 19 heavy (non-hydrogen) atoms. The number of aromatic nitrogens is 2. The second kappa shape index (κ2) is 4.52. The number of benzene rings is 2. The molecule has 0 radical (unpaired) electrons. The molecule has 0 spiro atoms. The van der Waals surface area contributed by atoms with Crippen molar-refractivity contribution in [2.75, 3.05) is 5.73 Å². The topological polar surface area (TPSA) is 51.8 Å². The molecule has 4 heteroatoms. The summed E-state index contributed by atoms with van der Waals surface area (Å²) in [5, 5.41) is 1.57. The van der Waals surface area contributed by atoms with Crippen molar-refractivity contribution in [2.24, 2.45) is 0 Å². The Kier molecular flexibility index (Phi) is 2.84. The fourth-order valence-electron chi connectivity index (χ4n) is 1.99. The third-order valence-electron chi connectivity index (χ3n) is 2.98.